The molecular weight excluding hydrogens is 465 g/mol. The number of anilines is 1. The van der Waals surface area contributed by atoms with E-state index in [0.29, 0.717) is 17.6 Å². The first kappa shape index (κ1) is 22.6. The lowest BCUT2D eigenvalue weighted by Gasteiger charge is -2.18. The third-order valence-electron chi connectivity index (χ3n) is 5.93. The summed E-state index contributed by atoms with van der Waals surface area (Å²) >= 11 is 5.31. The second kappa shape index (κ2) is 9.61. The van der Waals surface area contributed by atoms with Crippen molar-refractivity contribution in [2.24, 2.45) is 5.92 Å². The summed E-state index contributed by atoms with van der Waals surface area (Å²) in [7, 11) is 0. The minimum atomic E-state index is 0.0354. The Morgan fingerprint density at radius 2 is 1.94 bits per heavy atom. The van der Waals surface area contributed by atoms with Crippen LogP contribution in [0.15, 0.2) is 53.4 Å². The van der Waals surface area contributed by atoms with Gasteiger partial charge in [-0.15, -0.1) is 34.4 Å². The van der Waals surface area contributed by atoms with Crippen LogP contribution in [-0.4, -0.2) is 16.1 Å². The van der Waals surface area contributed by atoms with Crippen LogP contribution in [0.3, 0.4) is 0 Å². The van der Waals surface area contributed by atoms with Gasteiger partial charge in [-0.05, 0) is 60.6 Å². The third kappa shape index (κ3) is 5.03. The Balaban J connectivity index is 1.42. The molecule has 170 valence electrons. The highest BCUT2D eigenvalue weighted by Gasteiger charge is 2.27. The van der Waals surface area contributed by atoms with Crippen LogP contribution in [0, 0.1) is 5.92 Å². The predicted molar refractivity (Wildman–Crippen MR) is 144 cm³/mol. The third-order valence-corrected chi connectivity index (χ3v) is 9.17. The molecule has 0 bridgehead atoms. The topological polar surface area (TPSA) is 42.0 Å². The number of para-hydroxylation sites is 1. The zero-order valence-electron chi connectivity index (χ0n) is 19.2. The lowest BCUT2D eigenvalue weighted by atomic mass is 9.88. The lowest BCUT2D eigenvalue weighted by Crippen LogP contribution is -2.14. The van der Waals surface area contributed by atoms with E-state index in [1.165, 1.54) is 26.5 Å². The first-order chi connectivity index (χ1) is 16.0. The summed E-state index contributed by atoms with van der Waals surface area (Å²) in [6.07, 6.45) is 3.71. The van der Waals surface area contributed by atoms with E-state index in [4.69, 9.17) is 4.98 Å². The Hall–Kier alpha value is -2.15. The second-order valence-electron chi connectivity index (χ2n) is 9.08. The van der Waals surface area contributed by atoms with Gasteiger partial charge in [0.15, 0.2) is 0 Å². The van der Waals surface area contributed by atoms with Crippen LogP contribution in [0.2, 0.25) is 0 Å². The Morgan fingerprint density at radius 3 is 2.70 bits per heavy atom. The number of fused-ring (bicyclic) bond motifs is 2. The number of rotatable bonds is 6. The molecule has 0 aliphatic heterocycles. The first-order valence-corrected chi connectivity index (χ1v) is 14.0. The number of nitrogens with zero attached hydrogens (tertiary/aromatic N) is 1. The molecule has 1 unspecified atom stereocenters. The minimum Gasteiger partial charge on any atom is -0.317 e. The zero-order valence-corrected chi connectivity index (χ0v) is 21.6. The summed E-state index contributed by atoms with van der Waals surface area (Å²) in [5.41, 5.74) is 4.61. The molecule has 33 heavy (non-hydrogen) atoms. The Bertz CT molecular complexity index is 1250. The molecule has 2 aromatic carbocycles. The summed E-state index contributed by atoms with van der Waals surface area (Å²) in [4.78, 5) is 20.6. The Kier molecular flexibility index (Phi) is 6.59. The molecule has 1 atom stereocenters. The van der Waals surface area contributed by atoms with E-state index >= 15 is 0 Å². The summed E-state index contributed by atoms with van der Waals surface area (Å²) in [5, 5.41) is 5.80. The van der Waals surface area contributed by atoms with Gasteiger partial charge in [0, 0.05) is 20.6 Å². The van der Waals surface area contributed by atoms with Gasteiger partial charge in [-0.3, -0.25) is 4.79 Å². The van der Waals surface area contributed by atoms with Crippen LogP contribution >= 0.6 is 34.4 Å². The molecule has 0 radical (unpaired) electrons. The van der Waals surface area contributed by atoms with Crippen molar-refractivity contribution in [2.75, 3.05) is 5.32 Å². The van der Waals surface area contributed by atoms with E-state index in [1.807, 2.05) is 17.8 Å². The lowest BCUT2D eigenvalue weighted by molar-refractivity contribution is -0.115. The summed E-state index contributed by atoms with van der Waals surface area (Å²) < 4.78 is 1.19. The van der Waals surface area contributed by atoms with Crippen LogP contribution in [-0.2, 0) is 24.1 Å². The van der Waals surface area contributed by atoms with Crippen molar-refractivity contribution in [3.8, 4) is 10.6 Å². The Labute approximate surface area is 207 Å². The number of thioether (sulfide) groups is 1. The van der Waals surface area contributed by atoms with E-state index in [-0.39, 0.29) is 5.91 Å². The van der Waals surface area contributed by atoms with Crippen molar-refractivity contribution in [1.82, 2.24) is 4.98 Å². The molecule has 6 heteroatoms. The highest BCUT2D eigenvalue weighted by molar-refractivity contribution is 7.99. The molecule has 1 aliphatic rings. The average Bonchev–Trinajstić information content (AvgIpc) is 3.34. The monoisotopic (exact) mass is 492 g/mol. The van der Waals surface area contributed by atoms with Crippen LogP contribution < -0.4 is 5.32 Å². The van der Waals surface area contributed by atoms with Crippen LogP contribution in [0.4, 0.5) is 5.00 Å². The second-order valence-corrected chi connectivity index (χ2v) is 12.9. The standard InChI is InChI=1S/C27H28N2OS3/c1-16(2)31-19-11-9-18(10-12-19)15-24(30)29-27-25(20-13-8-17(3)14-23(20)33-27)26-28-21-6-4-5-7-22(21)32-26/h4-7,9-12,16-17H,8,13-15H2,1-3H3,(H,29,30). The number of hydrogen-bond donors (Lipinski definition) is 1. The molecule has 2 heterocycles. The number of nitrogens with one attached hydrogen (secondary N) is 1. The molecular formula is C27H28N2OS3. The molecule has 0 saturated heterocycles. The highest BCUT2D eigenvalue weighted by atomic mass is 32.2. The number of benzene rings is 2. The summed E-state index contributed by atoms with van der Waals surface area (Å²) in [6.45, 7) is 6.70. The van der Waals surface area contributed by atoms with Gasteiger partial charge in [-0.1, -0.05) is 45.0 Å². The molecule has 0 fully saturated rings. The maximum Gasteiger partial charge on any atom is 0.229 e. The fourth-order valence-corrected chi connectivity index (χ4v) is 7.73. The van der Waals surface area contributed by atoms with Crippen molar-refractivity contribution >= 4 is 55.6 Å². The van der Waals surface area contributed by atoms with Crippen molar-refractivity contribution < 1.29 is 4.79 Å². The quantitative estimate of drug-likeness (QED) is 0.279. The zero-order chi connectivity index (χ0) is 22.9. The largest absolute Gasteiger partial charge is 0.317 e. The fourth-order valence-electron chi connectivity index (χ4n) is 4.36. The number of thiophene rings is 1. The predicted octanol–water partition coefficient (Wildman–Crippen LogP) is 7.83. The number of thiazole rings is 1. The van der Waals surface area contributed by atoms with Gasteiger partial charge in [0.1, 0.15) is 10.0 Å². The normalized spacial score (nSPS) is 15.7. The molecule has 0 saturated carbocycles. The van der Waals surface area contributed by atoms with Gasteiger partial charge in [0.2, 0.25) is 5.91 Å². The van der Waals surface area contributed by atoms with Gasteiger partial charge >= 0.3 is 0 Å². The van der Waals surface area contributed by atoms with E-state index in [2.05, 4.69) is 68.6 Å². The van der Waals surface area contributed by atoms with E-state index in [0.717, 1.165) is 39.5 Å². The first-order valence-electron chi connectivity index (χ1n) is 11.5. The Morgan fingerprint density at radius 1 is 1.15 bits per heavy atom. The van der Waals surface area contributed by atoms with Gasteiger partial charge in [-0.2, -0.15) is 0 Å². The maximum atomic E-state index is 13.1. The molecule has 4 aromatic rings. The molecule has 1 N–H and O–H groups in total. The summed E-state index contributed by atoms with van der Waals surface area (Å²) in [5.74, 6) is 0.721. The van der Waals surface area contributed by atoms with Crippen molar-refractivity contribution in [2.45, 2.75) is 56.6 Å². The number of hydrogen-bond acceptors (Lipinski definition) is 5. The summed E-state index contributed by atoms with van der Waals surface area (Å²) in [6, 6.07) is 16.6. The fraction of sp³-hybridized carbons (Fsp3) is 0.333. The van der Waals surface area contributed by atoms with Crippen molar-refractivity contribution in [3.63, 3.8) is 0 Å². The molecule has 0 spiro atoms. The molecule has 3 nitrogen and oxygen atoms in total. The van der Waals surface area contributed by atoms with E-state index in [1.54, 1.807) is 22.7 Å². The maximum absolute atomic E-state index is 13.1. The van der Waals surface area contributed by atoms with Gasteiger partial charge < -0.3 is 5.32 Å². The molecule has 1 aliphatic carbocycles. The number of amides is 1. The number of carbonyl (C=O) groups excluding carboxylic acids is 1. The smallest absolute Gasteiger partial charge is 0.229 e. The SMILES string of the molecule is CC1CCc2c(sc(NC(=O)Cc3ccc(SC(C)C)cc3)c2-c2nc3ccccc3s2)C1. The van der Waals surface area contributed by atoms with E-state index < -0.39 is 0 Å². The average molecular weight is 493 g/mol. The van der Waals surface area contributed by atoms with Crippen molar-refractivity contribution in [3.05, 3.63) is 64.5 Å². The van der Waals surface area contributed by atoms with Crippen molar-refractivity contribution in [1.29, 1.82) is 0 Å². The van der Waals surface area contributed by atoms with Gasteiger partial charge in [0.25, 0.3) is 0 Å². The van der Waals surface area contributed by atoms with Crippen LogP contribution in [0.1, 0.15) is 43.2 Å². The van der Waals surface area contributed by atoms with Gasteiger partial charge in [-0.25, -0.2) is 4.98 Å². The van der Waals surface area contributed by atoms with Crippen LogP contribution in [0.5, 0.6) is 0 Å². The molecule has 1 amide bonds. The molecule has 5 rings (SSSR count). The minimum absolute atomic E-state index is 0.0354. The van der Waals surface area contributed by atoms with Crippen LogP contribution in [0.25, 0.3) is 20.8 Å². The van der Waals surface area contributed by atoms with E-state index in [9.17, 15) is 4.79 Å². The molecule has 2 aromatic heterocycles. The van der Waals surface area contributed by atoms with Gasteiger partial charge in [0.05, 0.1) is 16.6 Å². The highest BCUT2D eigenvalue weighted by Crippen LogP contribution is 2.47. The number of aromatic nitrogens is 1. The number of carbonyl (C=O) groups is 1.